The summed E-state index contributed by atoms with van der Waals surface area (Å²) in [5.41, 5.74) is 3.26. The highest BCUT2D eigenvalue weighted by molar-refractivity contribution is 5.91. The lowest BCUT2D eigenvalue weighted by Gasteiger charge is -2.32. The number of methoxy groups -OCH3 is 1. The summed E-state index contributed by atoms with van der Waals surface area (Å²) in [7, 11) is 1.68. The molecule has 1 saturated heterocycles. The van der Waals surface area contributed by atoms with Gasteiger partial charge in [-0.15, -0.1) is 0 Å². The van der Waals surface area contributed by atoms with Crippen LogP contribution in [0.25, 0.3) is 11.3 Å². The molecule has 31 heavy (non-hydrogen) atoms. The highest BCUT2D eigenvalue weighted by Crippen LogP contribution is 2.25. The fraction of sp³-hybridized carbons (Fsp3) is 0.400. The van der Waals surface area contributed by atoms with Crippen molar-refractivity contribution in [2.24, 2.45) is 5.92 Å². The van der Waals surface area contributed by atoms with Crippen LogP contribution in [0.2, 0.25) is 0 Å². The van der Waals surface area contributed by atoms with Crippen molar-refractivity contribution in [1.29, 1.82) is 0 Å². The smallest absolute Gasteiger partial charge is 0.263 e. The summed E-state index contributed by atoms with van der Waals surface area (Å²) in [4.78, 5) is 23.1. The lowest BCUT2D eigenvalue weighted by Crippen LogP contribution is -2.33. The van der Waals surface area contributed by atoms with Gasteiger partial charge < -0.3 is 9.15 Å². The third kappa shape index (κ3) is 5.79. The second-order valence-electron chi connectivity index (χ2n) is 8.16. The molecule has 162 valence electrons. The molecule has 3 aromatic rings. The Morgan fingerprint density at radius 1 is 1.19 bits per heavy atom. The molecule has 0 saturated carbocycles. The molecule has 0 radical (unpaired) electrons. The minimum atomic E-state index is 0.00679. The van der Waals surface area contributed by atoms with E-state index in [2.05, 4.69) is 27.0 Å². The van der Waals surface area contributed by atoms with E-state index >= 15 is 0 Å². The van der Waals surface area contributed by atoms with E-state index in [1.54, 1.807) is 7.11 Å². The standard InChI is InChI=1S/C25H29N3O3/c1-30-22-6-3-5-21(16-22)23-9-8-20(17-27-23)18-28-13-10-19(11-14-28)4-2-7-24(29)25-26-12-15-31-25/h3,5-6,8-9,12,15-17,19H,2,4,7,10-11,13-14,18H2,1H3. The molecule has 6 heteroatoms. The van der Waals surface area contributed by atoms with Crippen LogP contribution in [0.4, 0.5) is 0 Å². The number of piperidine rings is 1. The predicted octanol–water partition coefficient (Wildman–Crippen LogP) is 5.01. The largest absolute Gasteiger partial charge is 0.497 e. The molecule has 0 amide bonds. The fourth-order valence-electron chi connectivity index (χ4n) is 4.18. The lowest BCUT2D eigenvalue weighted by molar-refractivity contribution is 0.0940. The maximum atomic E-state index is 12.0. The van der Waals surface area contributed by atoms with Crippen LogP contribution < -0.4 is 4.74 Å². The predicted molar refractivity (Wildman–Crippen MR) is 119 cm³/mol. The molecular weight excluding hydrogens is 390 g/mol. The van der Waals surface area contributed by atoms with Gasteiger partial charge in [0.25, 0.3) is 5.89 Å². The maximum Gasteiger partial charge on any atom is 0.263 e. The van der Waals surface area contributed by atoms with Gasteiger partial charge in [-0.2, -0.15) is 0 Å². The number of Topliss-reactive ketones (excluding diaryl/α,β-unsaturated/α-hetero) is 1. The van der Waals surface area contributed by atoms with Gasteiger partial charge in [0.15, 0.2) is 0 Å². The number of carbonyl (C=O) groups excluding carboxylic acids is 1. The Bertz CT molecular complexity index is 962. The molecule has 4 rings (SSSR count). The second-order valence-corrected chi connectivity index (χ2v) is 8.16. The van der Waals surface area contributed by atoms with E-state index in [0.29, 0.717) is 12.3 Å². The summed E-state index contributed by atoms with van der Waals surface area (Å²) in [5, 5.41) is 0. The van der Waals surface area contributed by atoms with Crippen molar-refractivity contribution in [1.82, 2.24) is 14.9 Å². The normalized spacial score (nSPS) is 15.1. The number of nitrogens with zero attached hydrogens (tertiary/aromatic N) is 3. The van der Waals surface area contributed by atoms with E-state index in [1.807, 2.05) is 30.5 Å². The summed E-state index contributed by atoms with van der Waals surface area (Å²) in [6.07, 6.45) is 9.83. The Morgan fingerprint density at radius 3 is 2.77 bits per heavy atom. The van der Waals surface area contributed by atoms with Crippen LogP contribution in [0.5, 0.6) is 5.75 Å². The van der Waals surface area contributed by atoms with E-state index in [0.717, 1.165) is 49.5 Å². The van der Waals surface area contributed by atoms with Gasteiger partial charge in [0.1, 0.15) is 12.0 Å². The molecule has 2 aromatic heterocycles. The van der Waals surface area contributed by atoms with Crippen LogP contribution in [0.15, 0.2) is 59.5 Å². The number of likely N-dealkylation sites (tertiary alicyclic amines) is 1. The minimum Gasteiger partial charge on any atom is -0.497 e. The van der Waals surface area contributed by atoms with Crippen molar-refractivity contribution in [3.63, 3.8) is 0 Å². The summed E-state index contributed by atoms with van der Waals surface area (Å²) in [5.74, 6) is 1.78. The zero-order valence-electron chi connectivity index (χ0n) is 18.0. The number of oxazole rings is 1. The monoisotopic (exact) mass is 419 g/mol. The Hall–Kier alpha value is -2.99. The Labute approximate surface area is 183 Å². The number of aromatic nitrogens is 2. The molecule has 3 heterocycles. The SMILES string of the molecule is COc1cccc(-c2ccc(CN3CCC(CCCC(=O)c4ncco4)CC3)cn2)c1. The van der Waals surface area contributed by atoms with Crippen LogP contribution in [0.1, 0.15) is 48.4 Å². The van der Waals surface area contributed by atoms with Crippen LogP contribution in [0.3, 0.4) is 0 Å². The number of ether oxygens (including phenoxy) is 1. The minimum absolute atomic E-state index is 0.00679. The number of ketones is 1. The molecule has 1 aromatic carbocycles. The van der Waals surface area contributed by atoms with Gasteiger partial charge in [-0.05, 0) is 68.5 Å². The van der Waals surface area contributed by atoms with E-state index in [4.69, 9.17) is 9.15 Å². The summed E-state index contributed by atoms with van der Waals surface area (Å²) in [6, 6.07) is 12.2. The maximum absolute atomic E-state index is 12.0. The first-order chi connectivity index (χ1) is 15.2. The van der Waals surface area contributed by atoms with Gasteiger partial charge in [0, 0.05) is 24.7 Å². The van der Waals surface area contributed by atoms with Gasteiger partial charge in [-0.3, -0.25) is 14.7 Å². The Balaban J connectivity index is 1.20. The van der Waals surface area contributed by atoms with Crippen LogP contribution in [-0.4, -0.2) is 40.9 Å². The van der Waals surface area contributed by atoms with Crippen molar-refractivity contribution in [3.8, 4) is 17.0 Å². The average Bonchev–Trinajstić information content (AvgIpc) is 3.36. The number of hydrogen-bond donors (Lipinski definition) is 0. The number of hydrogen-bond acceptors (Lipinski definition) is 6. The highest BCUT2D eigenvalue weighted by Gasteiger charge is 2.20. The first kappa shape index (κ1) is 21.2. The molecular formula is C25H29N3O3. The lowest BCUT2D eigenvalue weighted by atomic mass is 9.91. The molecule has 0 spiro atoms. The quantitative estimate of drug-likeness (QED) is 0.454. The number of pyridine rings is 1. The van der Waals surface area contributed by atoms with Crippen molar-refractivity contribution in [2.75, 3.05) is 20.2 Å². The summed E-state index contributed by atoms with van der Waals surface area (Å²) < 4.78 is 10.4. The summed E-state index contributed by atoms with van der Waals surface area (Å²) in [6.45, 7) is 3.12. The number of rotatable bonds is 9. The molecule has 1 aliphatic rings. The van der Waals surface area contributed by atoms with Gasteiger partial charge in [0.2, 0.25) is 5.78 Å². The van der Waals surface area contributed by atoms with Crippen molar-refractivity contribution in [3.05, 3.63) is 66.5 Å². The average molecular weight is 420 g/mol. The molecule has 6 nitrogen and oxygen atoms in total. The van der Waals surface area contributed by atoms with Gasteiger partial charge in [0.05, 0.1) is 19.0 Å². The van der Waals surface area contributed by atoms with E-state index < -0.39 is 0 Å². The Morgan fingerprint density at radius 2 is 2.06 bits per heavy atom. The van der Waals surface area contributed by atoms with Crippen LogP contribution in [-0.2, 0) is 6.54 Å². The van der Waals surface area contributed by atoms with Crippen molar-refractivity contribution < 1.29 is 13.9 Å². The fourth-order valence-corrected chi connectivity index (χ4v) is 4.18. The molecule has 0 bridgehead atoms. The van der Waals surface area contributed by atoms with E-state index in [-0.39, 0.29) is 11.7 Å². The molecule has 0 unspecified atom stereocenters. The third-order valence-electron chi connectivity index (χ3n) is 5.99. The van der Waals surface area contributed by atoms with Gasteiger partial charge in [-0.1, -0.05) is 18.2 Å². The molecule has 0 atom stereocenters. The molecule has 1 fully saturated rings. The first-order valence-electron chi connectivity index (χ1n) is 11.0. The van der Waals surface area contributed by atoms with E-state index in [9.17, 15) is 4.79 Å². The number of carbonyl (C=O) groups is 1. The van der Waals surface area contributed by atoms with Crippen LogP contribution in [0, 0.1) is 5.92 Å². The second kappa shape index (κ2) is 10.4. The Kier molecular flexibility index (Phi) is 7.10. The zero-order chi connectivity index (χ0) is 21.5. The highest BCUT2D eigenvalue weighted by atomic mass is 16.5. The van der Waals surface area contributed by atoms with E-state index in [1.165, 1.54) is 30.9 Å². The first-order valence-corrected chi connectivity index (χ1v) is 11.0. The van der Waals surface area contributed by atoms with Gasteiger partial charge >= 0.3 is 0 Å². The molecule has 0 aliphatic carbocycles. The molecule has 1 aliphatic heterocycles. The van der Waals surface area contributed by atoms with Crippen molar-refractivity contribution in [2.45, 2.75) is 38.6 Å². The molecule has 0 N–H and O–H groups in total. The summed E-state index contributed by atoms with van der Waals surface area (Å²) >= 11 is 0. The number of benzene rings is 1. The van der Waals surface area contributed by atoms with Crippen LogP contribution >= 0.6 is 0 Å². The van der Waals surface area contributed by atoms with Gasteiger partial charge in [-0.25, -0.2) is 4.98 Å². The zero-order valence-corrected chi connectivity index (χ0v) is 18.0. The topological polar surface area (TPSA) is 68.5 Å². The van der Waals surface area contributed by atoms with Crippen molar-refractivity contribution >= 4 is 5.78 Å². The third-order valence-corrected chi connectivity index (χ3v) is 5.99.